The normalized spacial score (nSPS) is 17.3. The Labute approximate surface area is 175 Å². The topological polar surface area (TPSA) is 95.6 Å². The number of nitrogens with zero attached hydrogens (tertiary/aromatic N) is 1. The van der Waals surface area contributed by atoms with E-state index in [1.165, 1.54) is 22.5 Å². The van der Waals surface area contributed by atoms with Gasteiger partial charge in [0.2, 0.25) is 10.0 Å². The van der Waals surface area contributed by atoms with E-state index in [0.717, 1.165) is 12.8 Å². The average Bonchev–Trinajstić information content (AvgIpc) is 2.76. The lowest BCUT2D eigenvalue weighted by atomic mass is 10.0. The molecule has 0 aliphatic carbocycles. The van der Waals surface area contributed by atoms with Crippen LogP contribution in [0.5, 0.6) is 0 Å². The number of sulfonamides is 1. The van der Waals surface area contributed by atoms with Crippen LogP contribution in [0.4, 0.5) is 10.1 Å². The smallest absolute Gasteiger partial charge is 0.313 e. The third-order valence-electron chi connectivity index (χ3n) is 5.01. The number of hydrogen-bond donors (Lipinski definition) is 2. The number of nitrogens with one attached hydrogen (secondary N) is 2. The Bertz CT molecular complexity index is 998. The summed E-state index contributed by atoms with van der Waals surface area (Å²) in [5.74, 6) is -2.51. The number of rotatable bonds is 6. The summed E-state index contributed by atoms with van der Waals surface area (Å²) in [6.45, 7) is 0.554. The van der Waals surface area contributed by atoms with Gasteiger partial charge in [-0.3, -0.25) is 9.59 Å². The molecule has 3 rings (SSSR count). The van der Waals surface area contributed by atoms with Gasteiger partial charge in [-0.25, -0.2) is 12.8 Å². The number of carbonyl (C=O) groups excluding carboxylic acids is 2. The maximum Gasteiger partial charge on any atom is 0.313 e. The highest BCUT2D eigenvalue weighted by Gasteiger charge is 2.33. The first kappa shape index (κ1) is 21.9. The van der Waals surface area contributed by atoms with Crippen molar-refractivity contribution in [2.45, 2.75) is 36.6 Å². The average molecular weight is 434 g/mol. The summed E-state index contributed by atoms with van der Waals surface area (Å²) in [6.07, 6.45) is 2.74. The fraction of sp³-hybridized carbons (Fsp3) is 0.333. The second-order valence-electron chi connectivity index (χ2n) is 7.06. The number of piperidine rings is 1. The molecule has 30 heavy (non-hydrogen) atoms. The van der Waals surface area contributed by atoms with Crippen molar-refractivity contribution in [2.24, 2.45) is 0 Å². The molecular formula is C21H24FN3O4S. The number of carbonyl (C=O) groups is 2. The molecular weight excluding hydrogens is 409 g/mol. The molecule has 2 N–H and O–H groups in total. The quantitative estimate of drug-likeness (QED) is 0.685. The fourth-order valence-electron chi connectivity index (χ4n) is 3.48. The predicted molar refractivity (Wildman–Crippen MR) is 111 cm³/mol. The van der Waals surface area contributed by atoms with Crippen LogP contribution in [0.2, 0.25) is 0 Å². The second kappa shape index (κ2) is 9.82. The Balaban J connectivity index is 1.57. The van der Waals surface area contributed by atoms with Crippen molar-refractivity contribution in [3.63, 3.8) is 0 Å². The number of halogens is 1. The minimum atomic E-state index is -3.62. The van der Waals surface area contributed by atoms with Crippen LogP contribution in [0.25, 0.3) is 0 Å². The van der Waals surface area contributed by atoms with Crippen LogP contribution in [0, 0.1) is 5.82 Å². The van der Waals surface area contributed by atoms with Gasteiger partial charge in [0.05, 0.1) is 10.6 Å². The minimum Gasteiger partial charge on any atom is -0.348 e. The summed E-state index contributed by atoms with van der Waals surface area (Å²) in [5.41, 5.74) is -0.0786. The highest BCUT2D eigenvalue weighted by Crippen LogP contribution is 2.26. The molecule has 1 fully saturated rings. The third kappa shape index (κ3) is 5.22. The molecule has 0 aromatic heterocycles. The van der Waals surface area contributed by atoms with E-state index in [-0.39, 0.29) is 23.2 Å². The van der Waals surface area contributed by atoms with Crippen molar-refractivity contribution >= 4 is 27.5 Å². The molecule has 7 nitrogen and oxygen atoms in total. The maximum atomic E-state index is 13.6. The van der Waals surface area contributed by atoms with Crippen molar-refractivity contribution < 1.29 is 22.4 Å². The number of amides is 2. The van der Waals surface area contributed by atoms with Gasteiger partial charge in [0.1, 0.15) is 5.82 Å². The number of benzene rings is 2. The molecule has 1 atom stereocenters. The van der Waals surface area contributed by atoms with E-state index in [1.54, 1.807) is 36.4 Å². The van der Waals surface area contributed by atoms with Crippen molar-refractivity contribution in [3.8, 4) is 0 Å². The molecule has 0 spiro atoms. The minimum absolute atomic E-state index is 0.0786. The van der Waals surface area contributed by atoms with Crippen LogP contribution in [0.15, 0.2) is 59.5 Å². The summed E-state index contributed by atoms with van der Waals surface area (Å²) < 4.78 is 41.0. The predicted octanol–water partition coefficient (Wildman–Crippen LogP) is 2.51. The molecule has 160 valence electrons. The van der Waals surface area contributed by atoms with Gasteiger partial charge >= 0.3 is 11.8 Å². The summed E-state index contributed by atoms with van der Waals surface area (Å²) in [7, 11) is -3.62. The zero-order valence-corrected chi connectivity index (χ0v) is 17.2. The standard InChI is InChI=1S/C21H24FN3O4S/c22-18-11-4-5-12-19(18)24-21(27)20(26)23-14-13-16-8-6-7-15-25(16)30(28,29)17-9-2-1-3-10-17/h1-5,9-12,16H,6-8,13-15H2,(H,23,26)(H,24,27)/t16-/m0/s1. The molecule has 0 unspecified atom stereocenters. The molecule has 2 aromatic carbocycles. The summed E-state index contributed by atoms with van der Waals surface area (Å²) in [6, 6.07) is 13.5. The first-order valence-corrected chi connectivity index (χ1v) is 11.2. The molecule has 1 aliphatic rings. The van der Waals surface area contributed by atoms with Gasteiger partial charge in [-0.15, -0.1) is 0 Å². The monoisotopic (exact) mass is 433 g/mol. The third-order valence-corrected chi connectivity index (χ3v) is 6.98. The summed E-state index contributed by atoms with van der Waals surface area (Å²) >= 11 is 0. The first-order chi connectivity index (χ1) is 14.4. The van der Waals surface area contributed by atoms with E-state index < -0.39 is 27.7 Å². The zero-order valence-electron chi connectivity index (χ0n) is 16.4. The van der Waals surface area contributed by atoms with Gasteiger partial charge in [0.15, 0.2) is 0 Å². The molecule has 1 aliphatic heterocycles. The summed E-state index contributed by atoms with van der Waals surface area (Å²) in [5, 5.41) is 4.71. The van der Waals surface area contributed by atoms with Crippen molar-refractivity contribution in [1.29, 1.82) is 0 Å². The number of anilines is 1. The van der Waals surface area contributed by atoms with Gasteiger partial charge in [-0.2, -0.15) is 4.31 Å². The zero-order chi connectivity index (χ0) is 21.6. The molecule has 0 saturated carbocycles. The second-order valence-corrected chi connectivity index (χ2v) is 8.95. The largest absolute Gasteiger partial charge is 0.348 e. The SMILES string of the molecule is O=C(NCC[C@@H]1CCCCN1S(=O)(=O)c1ccccc1)C(=O)Nc1ccccc1F. The Morgan fingerprint density at radius 1 is 1.00 bits per heavy atom. The Morgan fingerprint density at radius 3 is 2.43 bits per heavy atom. The molecule has 0 bridgehead atoms. The Kier molecular flexibility index (Phi) is 7.17. The number of para-hydroxylation sites is 1. The lowest BCUT2D eigenvalue weighted by Gasteiger charge is -2.34. The van der Waals surface area contributed by atoms with E-state index in [2.05, 4.69) is 10.6 Å². The Morgan fingerprint density at radius 2 is 1.70 bits per heavy atom. The van der Waals surface area contributed by atoms with Crippen LogP contribution < -0.4 is 10.6 Å². The first-order valence-electron chi connectivity index (χ1n) is 9.80. The maximum absolute atomic E-state index is 13.6. The van der Waals surface area contributed by atoms with Gasteiger partial charge in [-0.1, -0.05) is 36.8 Å². The highest BCUT2D eigenvalue weighted by molar-refractivity contribution is 7.89. The fourth-order valence-corrected chi connectivity index (χ4v) is 5.23. The van der Waals surface area contributed by atoms with Crippen LogP contribution in [0.3, 0.4) is 0 Å². The highest BCUT2D eigenvalue weighted by atomic mass is 32.2. The van der Waals surface area contributed by atoms with Gasteiger partial charge in [-0.05, 0) is 43.5 Å². The molecule has 2 amide bonds. The van der Waals surface area contributed by atoms with Crippen LogP contribution >= 0.6 is 0 Å². The van der Waals surface area contributed by atoms with Crippen LogP contribution in [-0.4, -0.2) is 43.7 Å². The molecule has 1 heterocycles. The van der Waals surface area contributed by atoms with E-state index >= 15 is 0 Å². The van der Waals surface area contributed by atoms with E-state index in [9.17, 15) is 22.4 Å². The van der Waals surface area contributed by atoms with Crippen LogP contribution in [-0.2, 0) is 19.6 Å². The van der Waals surface area contributed by atoms with E-state index in [1.807, 2.05) is 0 Å². The van der Waals surface area contributed by atoms with Crippen molar-refractivity contribution in [1.82, 2.24) is 9.62 Å². The molecule has 0 radical (unpaired) electrons. The molecule has 9 heteroatoms. The van der Waals surface area contributed by atoms with Crippen LogP contribution in [0.1, 0.15) is 25.7 Å². The van der Waals surface area contributed by atoms with E-state index in [0.29, 0.717) is 19.4 Å². The lowest BCUT2D eigenvalue weighted by molar-refractivity contribution is -0.136. The van der Waals surface area contributed by atoms with Crippen molar-refractivity contribution in [2.75, 3.05) is 18.4 Å². The Hall–Kier alpha value is -2.78. The van der Waals surface area contributed by atoms with Gasteiger partial charge < -0.3 is 10.6 Å². The molecule has 2 aromatic rings. The van der Waals surface area contributed by atoms with Gasteiger partial charge in [0.25, 0.3) is 0 Å². The number of hydrogen-bond acceptors (Lipinski definition) is 4. The summed E-state index contributed by atoms with van der Waals surface area (Å²) in [4.78, 5) is 24.2. The lowest BCUT2D eigenvalue weighted by Crippen LogP contribution is -2.45. The molecule has 1 saturated heterocycles. The van der Waals surface area contributed by atoms with Crippen molar-refractivity contribution in [3.05, 3.63) is 60.4 Å². The van der Waals surface area contributed by atoms with E-state index in [4.69, 9.17) is 0 Å². The van der Waals surface area contributed by atoms with Gasteiger partial charge in [0, 0.05) is 19.1 Å².